The van der Waals surface area contributed by atoms with Crippen molar-refractivity contribution in [2.24, 2.45) is 0 Å². The highest BCUT2D eigenvalue weighted by Crippen LogP contribution is 2.34. The van der Waals surface area contributed by atoms with Gasteiger partial charge in [-0.2, -0.15) is 0 Å². The second kappa shape index (κ2) is 6.68. The number of aromatic nitrogens is 4. The van der Waals surface area contributed by atoms with Crippen LogP contribution < -0.4 is 0 Å². The van der Waals surface area contributed by atoms with Crippen LogP contribution in [0.3, 0.4) is 0 Å². The quantitative estimate of drug-likeness (QED) is 0.827. The van der Waals surface area contributed by atoms with Crippen molar-refractivity contribution in [2.75, 3.05) is 26.2 Å². The maximum Gasteiger partial charge on any atom is 0.256 e. The Balaban J connectivity index is 1.37. The molecule has 1 saturated carbocycles. The van der Waals surface area contributed by atoms with E-state index in [0.717, 1.165) is 18.7 Å². The predicted octanol–water partition coefficient (Wildman–Crippen LogP) is 1.76. The maximum atomic E-state index is 13.9. The van der Waals surface area contributed by atoms with Crippen molar-refractivity contribution in [2.45, 2.75) is 25.4 Å². The van der Waals surface area contributed by atoms with Crippen LogP contribution in [0.5, 0.6) is 0 Å². The van der Waals surface area contributed by atoms with Crippen LogP contribution in [0.15, 0.2) is 18.2 Å². The fourth-order valence-electron chi connectivity index (χ4n) is 3.06. The molecule has 4 rings (SSSR count). The second-order valence-corrected chi connectivity index (χ2v) is 6.90. The molecule has 0 bridgehead atoms. The number of carbonyl (C=O) groups excluding carboxylic acids is 1. The molecule has 2 fully saturated rings. The molecule has 2 aliphatic rings. The summed E-state index contributed by atoms with van der Waals surface area (Å²) in [5.41, 5.74) is 0.0265. The lowest BCUT2D eigenvalue weighted by atomic mass is 10.1. The Labute approximate surface area is 149 Å². The van der Waals surface area contributed by atoms with Crippen LogP contribution in [0.4, 0.5) is 4.39 Å². The van der Waals surface area contributed by atoms with Gasteiger partial charge in [0.15, 0.2) is 5.82 Å². The standard InChI is InChI=1S/C16H18ClFN6O/c17-11-1-4-14(18)13(9-11)16(25)23-7-5-22(6-8-23)10-15-19-20-21-24(15)12-2-3-12/h1,4,9,12H,2-3,5-8,10H2. The smallest absolute Gasteiger partial charge is 0.256 e. The minimum Gasteiger partial charge on any atom is -0.336 e. The normalized spacial score (nSPS) is 18.6. The first-order valence-corrected chi connectivity index (χ1v) is 8.73. The van der Waals surface area contributed by atoms with Gasteiger partial charge in [-0.3, -0.25) is 9.69 Å². The van der Waals surface area contributed by atoms with Crippen LogP contribution in [0.2, 0.25) is 5.02 Å². The minimum absolute atomic E-state index is 0.0265. The van der Waals surface area contributed by atoms with E-state index in [2.05, 4.69) is 20.4 Å². The highest BCUT2D eigenvalue weighted by Gasteiger charge is 2.29. The van der Waals surface area contributed by atoms with Crippen molar-refractivity contribution in [3.63, 3.8) is 0 Å². The summed E-state index contributed by atoms with van der Waals surface area (Å²) in [6.45, 7) is 3.14. The van der Waals surface area contributed by atoms with Gasteiger partial charge in [-0.05, 0) is 41.5 Å². The molecular formula is C16H18ClFN6O. The lowest BCUT2D eigenvalue weighted by Crippen LogP contribution is -2.48. The summed E-state index contributed by atoms with van der Waals surface area (Å²) in [6, 6.07) is 4.49. The van der Waals surface area contributed by atoms with E-state index in [-0.39, 0.29) is 11.5 Å². The van der Waals surface area contributed by atoms with Gasteiger partial charge in [0, 0.05) is 31.2 Å². The monoisotopic (exact) mass is 364 g/mol. The first-order chi connectivity index (χ1) is 12.1. The van der Waals surface area contributed by atoms with Crippen molar-refractivity contribution in [3.05, 3.63) is 40.4 Å². The van der Waals surface area contributed by atoms with Gasteiger partial charge in [-0.1, -0.05) is 11.6 Å². The number of hydrogen-bond donors (Lipinski definition) is 0. The third kappa shape index (κ3) is 3.50. The molecule has 0 N–H and O–H groups in total. The first kappa shape index (κ1) is 16.4. The molecule has 0 spiro atoms. The van der Waals surface area contributed by atoms with Gasteiger partial charge in [-0.15, -0.1) is 5.10 Å². The summed E-state index contributed by atoms with van der Waals surface area (Å²) in [7, 11) is 0. The average molecular weight is 365 g/mol. The Morgan fingerprint density at radius 1 is 1.24 bits per heavy atom. The van der Waals surface area contributed by atoms with Crippen LogP contribution >= 0.6 is 11.6 Å². The van der Waals surface area contributed by atoms with Crippen molar-refractivity contribution in [3.8, 4) is 0 Å². The van der Waals surface area contributed by atoms with E-state index >= 15 is 0 Å². The number of tetrazole rings is 1. The average Bonchev–Trinajstić information content (AvgIpc) is 3.36. The zero-order valence-electron chi connectivity index (χ0n) is 13.6. The number of nitrogens with zero attached hydrogens (tertiary/aromatic N) is 6. The Kier molecular flexibility index (Phi) is 4.39. The van der Waals surface area contributed by atoms with E-state index in [1.165, 1.54) is 18.2 Å². The lowest BCUT2D eigenvalue weighted by molar-refractivity contribution is 0.0619. The summed E-state index contributed by atoms with van der Waals surface area (Å²) in [4.78, 5) is 16.4. The van der Waals surface area contributed by atoms with Crippen LogP contribution in [0, 0.1) is 5.82 Å². The number of piperazine rings is 1. The van der Waals surface area contributed by atoms with Gasteiger partial charge in [0.25, 0.3) is 5.91 Å². The number of hydrogen-bond acceptors (Lipinski definition) is 5. The summed E-state index contributed by atoms with van der Waals surface area (Å²) in [5, 5.41) is 12.3. The molecule has 1 saturated heterocycles. The summed E-state index contributed by atoms with van der Waals surface area (Å²) < 4.78 is 15.8. The van der Waals surface area contributed by atoms with E-state index in [4.69, 9.17) is 11.6 Å². The fourth-order valence-corrected chi connectivity index (χ4v) is 3.23. The molecule has 1 aromatic heterocycles. The Morgan fingerprint density at radius 3 is 2.72 bits per heavy atom. The van der Waals surface area contributed by atoms with Gasteiger partial charge in [0.2, 0.25) is 0 Å². The van der Waals surface area contributed by atoms with Crippen molar-refractivity contribution >= 4 is 17.5 Å². The molecule has 0 radical (unpaired) electrons. The number of amides is 1. The Bertz CT molecular complexity index is 785. The van der Waals surface area contributed by atoms with Gasteiger partial charge in [0.1, 0.15) is 5.82 Å². The molecule has 1 aromatic carbocycles. The van der Waals surface area contributed by atoms with Crippen molar-refractivity contribution in [1.29, 1.82) is 0 Å². The molecule has 0 unspecified atom stereocenters. The van der Waals surface area contributed by atoms with Crippen LogP contribution in [-0.4, -0.2) is 62.1 Å². The molecule has 0 atom stereocenters. The predicted molar refractivity (Wildman–Crippen MR) is 88.7 cm³/mol. The topological polar surface area (TPSA) is 67.2 Å². The van der Waals surface area contributed by atoms with E-state index in [0.29, 0.717) is 43.8 Å². The molecule has 1 aliphatic heterocycles. The Hall–Kier alpha value is -2.06. The number of halogens is 2. The number of rotatable bonds is 4. The van der Waals surface area contributed by atoms with Crippen LogP contribution in [0.25, 0.3) is 0 Å². The van der Waals surface area contributed by atoms with Crippen molar-refractivity contribution in [1.82, 2.24) is 30.0 Å². The summed E-state index contributed by atoms with van der Waals surface area (Å²) in [5.74, 6) is 0.00562. The molecule has 1 aliphatic carbocycles. The fraction of sp³-hybridized carbons (Fsp3) is 0.500. The summed E-state index contributed by atoms with van der Waals surface area (Å²) >= 11 is 5.88. The maximum absolute atomic E-state index is 13.9. The van der Waals surface area contributed by atoms with E-state index in [1.54, 1.807) is 4.90 Å². The SMILES string of the molecule is O=C(c1cc(Cl)ccc1F)N1CCN(Cc2nnnn2C2CC2)CC1. The van der Waals surface area contributed by atoms with Gasteiger partial charge in [-0.25, -0.2) is 9.07 Å². The zero-order valence-corrected chi connectivity index (χ0v) is 14.4. The highest BCUT2D eigenvalue weighted by molar-refractivity contribution is 6.31. The van der Waals surface area contributed by atoms with E-state index in [1.807, 2.05) is 4.68 Å². The van der Waals surface area contributed by atoms with E-state index < -0.39 is 5.82 Å². The number of benzene rings is 1. The van der Waals surface area contributed by atoms with Gasteiger partial charge < -0.3 is 4.90 Å². The largest absolute Gasteiger partial charge is 0.336 e. The van der Waals surface area contributed by atoms with Crippen molar-refractivity contribution < 1.29 is 9.18 Å². The molecule has 2 aromatic rings. The second-order valence-electron chi connectivity index (χ2n) is 6.46. The van der Waals surface area contributed by atoms with Gasteiger partial charge in [0.05, 0.1) is 18.2 Å². The molecule has 2 heterocycles. The minimum atomic E-state index is -0.541. The number of carbonyl (C=O) groups is 1. The molecule has 7 nitrogen and oxygen atoms in total. The zero-order chi connectivity index (χ0) is 17.4. The molecule has 9 heteroatoms. The van der Waals surface area contributed by atoms with Crippen LogP contribution in [0.1, 0.15) is 35.1 Å². The Morgan fingerprint density at radius 2 is 2.00 bits per heavy atom. The summed E-state index contributed by atoms with van der Waals surface area (Å²) in [6.07, 6.45) is 2.26. The van der Waals surface area contributed by atoms with Crippen LogP contribution in [-0.2, 0) is 6.54 Å². The molecule has 132 valence electrons. The highest BCUT2D eigenvalue weighted by atomic mass is 35.5. The molecular weight excluding hydrogens is 347 g/mol. The molecule has 1 amide bonds. The lowest BCUT2D eigenvalue weighted by Gasteiger charge is -2.34. The first-order valence-electron chi connectivity index (χ1n) is 8.35. The van der Waals surface area contributed by atoms with Gasteiger partial charge >= 0.3 is 0 Å². The van der Waals surface area contributed by atoms with E-state index in [9.17, 15) is 9.18 Å². The molecule has 25 heavy (non-hydrogen) atoms. The third-order valence-electron chi connectivity index (χ3n) is 4.64. The third-order valence-corrected chi connectivity index (χ3v) is 4.87.